The zero-order valence-corrected chi connectivity index (χ0v) is 23.2. The minimum Gasteiger partial charge on any atom is -0.496 e. The molecule has 0 unspecified atom stereocenters. The van der Waals surface area contributed by atoms with Crippen LogP contribution in [0.3, 0.4) is 0 Å². The van der Waals surface area contributed by atoms with Gasteiger partial charge in [-0.2, -0.15) is 0 Å². The summed E-state index contributed by atoms with van der Waals surface area (Å²) in [6, 6.07) is 13.1. The molecule has 3 rings (SSSR count). The Kier molecular flexibility index (Phi) is 7.97. The van der Waals surface area contributed by atoms with Crippen molar-refractivity contribution in [3.05, 3.63) is 80.8 Å². The van der Waals surface area contributed by atoms with Gasteiger partial charge in [0.05, 0.1) is 13.4 Å². The minimum absolute atomic E-state index is 0.138. The van der Waals surface area contributed by atoms with Crippen LogP contribution in [-0.2, 0) is 20.8 Å². The molecule has 1 aromatic heterocycles. The highest BCUT2D eigenvalue weighted by atomic mass is 79.9. The Hall–Kier alpha value is -2.84. The highest BCUT2D eigenvalue weighted by molar-refractivity contribution is 9.08. The normalized spacial score (nSPS) is 12.2. The molecule has 186 valence electrons. The zero-order valence-electron chi connectivity index (χ0n) is 20.8. The molecule has 1 heterocycles. The number of methoxy groups -OCH3 is 1. The van der Waals surface area contributed by atoms with Gasteiger partial charge in [0.2, 0.25) is 10.0 Å². The maximum atomic E-state index is 12.7. The van der Waals surface area contributed by atoms with Crippen molar-refractivity contribution in [2.75, 3.05) is 18.1 Å². The number of aromatic amines is 1. The fourth-order valence-electron chi connectivity index (χ4n) is 3.86. The smallest absolute Gasteiger partial charge is 0.256 e. The molecule has 0 aliphatic heterocycles. The monoisotopic (exact) mass is 558 g/mol. The minimum atomic E-state index is -3.36. The lowest BCUT2D eigenvalue weighted by Crippen LogP contribution is -2.15. The van der Waals surface area contributed by atoms with Crippen molar-refractivity contribution in [2.24, 2.45) is 0 Å². The summed E-state index contributed by atoms with van der Waals surface area (Å²) in [6.07, 6.45) is 5.05. The summed E-state index contributed by atoms with van der Waals surface area (Å²) in [5, 5.41) is 0.551. The van der Waals surface area contributed by atoms with E-state index < -0.39 is 10.0 Å². The van der Waals surface area contributed by atoms with Gasteiger partial charge >= 0.3 is 0 Å². The summed E-state index contributed by atoms with van der Waals surface area (Å²) in [5.41, 5.74) is 6.05. The quantitative estimate of drug-likeness (QED) is 0.271. The first-order valence-corrected chi connectivity index (χ1v) is 14.1. The lowest BCUT2D eigenvalue weighted by Gasteiger charge is -2.24. The Labute approximate surface area is 215 Å². The number of sulfonamides is 1. The summed E-state index contributed by atoms with van der Waals surface area (Å²) in [4.78, 5) is 15.6. The molecule has 3 aromatic rings. The van der Waals surface area contributed by atoms with Crippen molar-refractivity contribution in [3.8, 4) is 16.9 Å². The van der Waals surface area contributed by atoms with Crippen LogP contribution in [0.5, 0.6) is 5.75 Å². The summed E-state index contributed by atoms with van der Waals surface area (Å²) in [7, 11) is -1.71. The first kappa shape index (κ1) is 26.8. The van der Waals surface area contributed by atoms with E-state index in [2.05, 4.69) is 46.4 Å². The lowest BCUT2D eigenvalue weighted by atomic mass is 9.83. The number of aryl methyl sites for hydroxylation is 1. The van der Waals surface area contributed by atoms with E-state index >= 15 is 0 Å². The Balaban J connectivity index is 2.16. The van der Waals surface area contributed by atoms with Gasteiger partial charge in [0.1, 0.15) is 5.75 Å². The molecule has 0 atom stereocenters. The molecule has 0 saturated heterocycles. The largest absolute Gasteiger partial charge is 0.496 e. The zero-order chi connectivity index (χ0) is 26.0. The Morgan fingerprint density at radius 2 is 1.74 bits per heavy atom. The highest BCUT2D eigenvalue weighted by Crippen LogP contribution is 2.38. The molecule has 2 aromatic carbocycles. The van der Waals surface area contributed by atoms with Crippen molar-refractivity contribution in [3.63, 3.8) is 0 Å². The highest BCUT2D eigenvalue weighted by Gasteiger charge is 2.23. The number of pyridine rings is 1. The summed E-state index contributed by atoms with van der Waals surface area (Å²) >= 11 is 3.50. The standard InChI is InChI=1S/C27H31BrN2O4S/c1-17-7-12-23(26(31)29-17)20-13-19(25(34-5)24(15-20)27(2,3)4)9-8-18-10-11-22(14-21(18)16-28)30-35(6,32)33/h7-15,30H,16H2,1-6H3,(H,29,31)/b9-8+. The first-order valence-electron chi connectivity index (χ1n) is 11.1. The van der Waals surface area contributed by atoms with Gasteiger partial charge in [-0.25, -0.2) is 8.42 Å². The number of hydrogen-bond acceptors (Lipinski definition) is 4. The van der Waals surface area contributed by atoms with E-state index in [1.54, 1.807) is 19.2 Å². The number of benzene rings is 2. The van der Waals surface area contributed by atoms with Crippen LogP contribution in [0.4, 0.5) is 5.69 Å². The first-order chi connectivity index (χ1) is 16.3. The van der Waals surface area contributed by atoms with Crippen LogP contribution in [0, 0.1) is 6.92 Å². The van der Waals surface area contributed by atoms with Gasteiger partial charge in [0, 0.05) is 33.4 Å². The maximum absolute atomic E-state index is 12.7. The van der Waals surface area contributed by atoms with Crippen LogP contribution in [0.25, 0.3) is 23.3 Å². The Bertz CT molecular complexity index is 1430. The number of H-pyrrole nitrogens is 1. The number of alkyl halides is 1. The average molecular weight is 560 g/mol. The summed E-state index contributed by atoms with van der Waals surface area (Å²) < 4.78 is 31.5. The van der Waals surface area contributed by atoms with Crippen LogP contribution in [0.1, 0.15) is 48.7 Å². The summed E-state index contributed by atoms with van der Waals surface area (Å²) in [6.45, 7) is 8.18. The van der Waals surface area contributed by atoms with Crippen LogP contribution in [0.15, 0.2) is 47.3 Å². The number of hydrogen-bond donors (Lipinski definition) is 2. The molecule has 0 amide bonds. The SMILES string of the molecule is COc1c(/C=C/c2ccc(NS(C)(=O)=O)cc2CBr)cc(-c2ccc(C)[nH]c2=O)cc1C(C)(C)C. The van der Waals surface area contributed by atoms with E-state index in [-0.39, 0.29) is 11.0 Å². The second kappa shape index (κ2) is 10.4. The molecule has 0 aliphatic carbocycles. The molecule has 8 heteroatoms. The van der Waals surface area contributed by atoms with Crippen LogP contribution >= 0.6 is 15.9 Å². The van der Waals surface area contributed by atoms with E-state index in [1.165, 1.54) is 0 Å². The Morgan fingerprint density at radius 3 is 2.31 bits per heavy atom. The van der Waals surface area contributed by atoms with Crippen molar-refractivity contribution in [2.45, 2.75) is 38.4 Å². The molecule has 6 nitrogen and oxygen atoms in total. The van der Waals surface area contributed by atoms with E-state index in [0.29, 0.717) is 16.6 Å². The second-order valence-corrected chi connectivity index (χ2v) is 11.8. The van der Waals surface area contributed by atoms with Gasteiger partial charge in [-0.15, -0.1) is 0 Å². The number of ether oxygens (including phenoxy) is 1. The summed E-state index contributed by atoms with van der Waals surface area (Å²) in [5.74, 6) is 0.747. The van der Waals surface area contributed by atoms with Gasteiger partial charge in [0.15, 0.2) is 0 Å². The average Bonchev–Trinajstić information content (AvgIpc) is 2.75. The molecule has 0 aliphatic rings. The topological polar surface area (TPSA) is 88.3 Å². The van der Waals surface area contributed by atoms with Gasteiger partial charge in [-0.1, -0.05) is 54.9 Å². The number of anilines is 1. The van der Waals surface area contributed by atoms with E-state index in [9.17, 15) is 13.2 Å². The number of halogens is 1. The predicted octanol–water partition coefficient (Wildman–Crippen LogP) is 6.09. The van der Waals surface area contributed by atoms with Gasteiger partial charge in [-0.3, -0.25) is 9.52 Å². The fraction of sp³-hybridized carbons (Fsp3) is 0.296. The molecule has 0 fully saturated rings. The lowest BCUT2D eigenvalue weighted by molar-refractivity contribution is 0.397. The molecular weight excluding hydrogens is 528 g/mol. The molecule has 0 radical (unpaired) electrons. The number of rotatable bonds is 7. The second-order valence-electron chi connectivity index (χ2n) is 9.54. The van der Waals surface area contributed by atoms with Crippen LogP contribution < -0.4 is 15.0 Å². The molecule has 2 N–H and O–H groups in total. The van der Waals surface area contributed by atoms with Crippen molar-refractivity contribution < 1.29 is 13.2 Å². The van der Waals surface area contributed by atoms with E-state index in [1.807, 2.05) is 49.4 Å². The van der Waals surface area contributed by atoms with Gasteiger partial charge in [0.25, 0.3) is 5.56 Å². The molecule has 0 bridgehead atoms. The van der Waals surface area contributed by atoms with Crippen molar-refractivity contribution in [1.29, 1.82) is 0 Å². The van der Waals surface area contributed by atoms with E-state index in [0.717, 1.165) is 45.5 Å². The Morgan fingerprint density at radius 1 is 1.06 bits per heavy atom. The predicted molar refractivity (Wildman–Crippen MR) is 149 cm³/mol. The molecule has 35 heavy (non-hydrogen) atoms. The number of aromatic nitrogens is 1. The maximum Gasteiger partial charge on any atom is 0.256 e. The molecule has 0 saturated carbocycles. The van der Waals surface area contributed by atoms with Gasteiger partial charge < -0.3 is 9.72 Å². The van der Waals surface area contributed by atoms with E-state index in [4.69, 9.17) is 4.74 Å². The molecule has 0 spiro atoms. The number of nitrogens with one attached hydrogen (secondary N) is 2. The fourth-order valence-corrected chi connectivity index (χ4v) is 4.90. The van der Waals surface area contributed by atoms with Gasteiger partial charge in [-0.05, 0) is 65.4 Å². The third-order valence-electron chi connectivity index (χ3n) is 5.53. The van der Waals surface area contributed by atoms with Crippen LogP contribution in [-0.4, -0.2) is 26.8 Å². The third kappa shape index (κ3) is 6.64. The van der Waals surface area contributed by atoms with Crippen molar-refractivity contribution in [1.82, 2.24) is 4.98 Å². The van der Waals surface area contributed by atoms with Crippen molar-refractivity contribution >= 4 is 43.8 Å². The third-order valence-corrected chi connectivity index (χ3v) is 6.74. The van der Waals surface area contributed by atoms with Crippen LogP contribution in [0.2, 0.25) is 0 Å². The molecular formula is C27H31BrN2O4S.